The summed E-state index contributed by atoms with van der Waals surface area (Å²) in [7, 11) is 1.56. The fourth-order valence-corrected chi connectivity index (χ4v) is 4.81. The summed E-state index contributed by atoms with van der Waals surface area (Å²) in [4.78, 5) is 35.2. The van der Waals surface area contributed by atoms with Crippen LogP contribution in [-0.4, -0.2) is 50.8 Å². The average Bonchev–Trinajstić information content (AvgIpc) is 3.10. The molecule has 2 aliphatic rings. The minimum absolute atomic E-state index is 0.00534. The van der Waals surface area contributed by atoms with Crippen LogP contribution in [0.3, 0.4) is 0 Å². The second-order valence-electron chi connectivity index (χ2n) is 8.58. The molecule has 0 unspecified atom stereocenters. The third-order valence-corrected chi connectivity index (χ3v) is 6.57. The topological polar surface area (TPSA) is 93.1 Å². The summed E-state index contributed by atoms with van der Waals surface area (Å²) < 4.78 is 7.29. The van der Waals surface area contributed by atoms with E-state index >= 15 is 0 Å². The highest BCUT2D eigenvalue weighted by atomic mass is 16.5. The number of nitrogens with zero attached hydrogens (tertiary/aromatic N) is 4. The number of hydrogen-bond donors (Lipinski definition) is 1. The molecule has 31 heavy (non-hydrogen) atoms. The van der Waals surface area contributed by atoms with Gasteiger partial charge in [0.05, 0.1) is 30.3 Å². The van der Waals surface area contributed by atoms with Crippen molar-refractivity contribution in [3.63, 3.8) is 0 Å². The van der Waals surface area contributed by atoms with Crippen LogP contribution < -0.4 is 10.3 Å². The summed E-state index contributed by atoms with van der Waals surface area (Å²) in [6, 6.07) is 7.53. The van der Waals surface area contributed by atoms with Gasteiger partial charge in [0, 0.05) is 13.1 Å². The molecule has 1 aliphatic carbocycles. The van der Waals surface area contributed by atoms with Crippen molar-refractivity contribution in [1.82, 2.24) is 24.6 Å². The van der Waals surface area contributed by atoms with E-state index < -0.39 is 0 Å². The molecule has 1 saturated carbocycles. The van der Waals surface area contributed by atoms with Crippen molar-refractivity contribution in [2.75, 3.05) is 20.2 Å². The normalized spacial score (nSPS) is 17.7. The van der Waals surface area contributed by atoms with Gasteiger partial charge in [-0.05, 0) is 31.9 Å². The largest absolute Gasteiger partial charge is 0.496 e. The van der Waals surface area contributed by atoms with Crippen molar-refractivity contribution >= 4 is 16.9 Å². The maximum Gasteiger partial charge on any atom is 0.262 e. The number of aryl methyl sites for hydroxylation is 1. The van der Waals surface area contributed by atoms with Gasteiger partial charge in [-0.15, -0.1) is 0 Å². The third kappa shape index (κ3) is 3.40. The SMILES string of the molecule is COc1ccccc1C(=O)N1CC(c2nc3c(c(C)nn3C3CCCCC3)c(=O)[nH]2)C1. The molecular formula is C23H27N5O3. The lowest BCUT2D eigenvalue weighted by atomic mass is 9.95. The number of methoxy groups -OCH3 is 1. The number of aromatic amines is 1. The summed E-state index contributed by atoms with van der Waals surface area (Å²) >= 11 is 0. The summed E-state index contributed by atoms with van der Waals surface area (Å²) in [6.45, 7) is 2.90. The maximum absolute atomic E-state index is 12.9. The maximum atomic E-state index is 12.9. The van der Waals surface area contributed by atoms with Crippen molar-refractivity contribution < 1.29 is 9.53 Å². The zero-order chi connectivity index (χ0) is 21.5. The quantitative estimate of drug-likeness (QED) is 0.698. The summed E-state index contributed by atoms with van der Waals surface area (Å²) in [5.74, 6) is 1.14. The van der Waals surface area contributed by atoms with Crippen molar-refractivity contribution in [3.8, 4) is 5.75 Å². The van der Waals surface area contributed by atoms with Crippen LogP contribution in [0.5, 0.6) is 5.75 Å². The number of ether oxygens (including phenoxy) is 1. The fourth-order valence-electron chi connectivity index (χ4n) is 4.81. The number of para-hydroxylation sites is 1. The predicted molar refractivity (Wildman–Crippen MR) is 117 cm³/mol. The lowest BCUT2D eigenvalue weighted by molar-refractivity contribution is 0.0591. The molecule has 2 fully saturated rings. The smallest absolute Gasteiger partial charge is 0.262 e. The Kier molecular flexibility index (Phi) is 5.00. The van der Waals surface area contributed by atoms with Gasteiger partial charge in [-0.3, -0.25) is 9.59 Å². The molecular weight excluding hydrogens is 394 g/mol. The zero-order valence-corrected chi connectivity index (χ0v) is 17.9. The third-order valence-electron chi connectivity index (χ3n) is 6.57. The first kappa shape index (κ1) is 19.8. The number of hydrogen-bond acceptors (Lipinski definition) is 5. The van der Waals surface area contributed by atoms with Crippen molar-refractivity contribution in [2.24, 2.45) is 0 Å². The van der Waals surface area contributed by atoms with E-state index in [-0.39, 0.29) is 17.4 Å². The second kappa shape index (κ2) is 7.83. The first-order chi connectivity index (χ1) is 15.1. The Morgan fingerprint density at radius 1 is 1.16 bits per heavy atom. The summed E-state index contributed by atoms with van der Waals surface area (Å²) in [5.41, 5.74) is 1.81. The minimum atomic E-state index is -0.144. The molecule has 0 atom stereocenters. The molecule has 3 heterocycles. The number of carbonyl (C=O) groups excluding carboxylic acids is 1. The lowest BCUT2D eigenvalue weighted by Crippen LogP contribution is -2.49. The molecule has 1 amide bonds. The Balaban J connectivity index is 1.40. The molecule has 8 nitrogen and oxygen atoms in total. The van der Waals surface area contributed by atoms with Crippen LogP contribution in [0.1, 0.15) is 65.9 Å². The molecule has 0 bridgehead atoms. The van der Waals surface area contributed by atoms with E-state index in [1.807, 2.05) is 23.7 Å². The van der Waals surface area contributed by atoms with Crippen LogP contribution in [0.25, 0.3) is 11.0 Å². The predicted octanol–water partition coefficient (Wildman–Crippen LogP) is 3.18. The zero-order valence-electron chi connectivity index (χ0n) is 17.9. The van der Waals surface area contributed by atoms with Gasteiger partial charge in [0.15, 0.2) is 5.65 Å². The highest BCUT2D eigenvalue weighted by Crippen LogP contribution is 2.32. The van der Waals surface area contributed by atoms with Crippen molar-refractivity contribution in [2.45, 2.75) is 51.0 Å². The number of aromatic nitrogens is 4. The fraction of sp³-hybridized carbons (Fsp3) is 0.478. The first-order valence-corrected chi connectivity index (χ1v) is 11.0. The Labute approximate surface area is 180 Å². The van der Waals surface area contributed by atoms with E-state index in [9.17, 15) is 9.59 Å². The first-order valence-electron chi connectivity index (χ1n) is 11.0. The molecule has 3 aromatic rings. The molecule has 1 aliphatic heterocycles. The molecule has 1 N–H and O–H groups in total. The van der Waals surface area contributed by atoms with Gasteiger partial charge in [-0.25, -0.2) is 9.67 Å². The van der Waals surface area contributed by atoms with E-state index in [1.165, 1.54) is 19.3 Å². The van der Waals surface area contributed by atoms with Gasteiger partial charge < -0.3 is 14.6 Å². The highest BCUT2D eigenvalue weighted by Gasteiger charge is 2.35. The number of likely N-dealkylation sites (tertiary alicyclic amines) is 1. The Morgan fingerprint density at radius 3 is 2.65 bits per heavy atom. The summed E-state index contributed by atoms with van der Waals surface area (Å²) in [6.07, 6.45) is 5.77. The average molecular weight is 422 g/mol. The van der Waals surface area contributed by atoms with E-state index in [1.54, 1.807) is 24.1 Å². The molecule has 1 saturated heterocycles. The number of fused-ring (bicyclic) bond motifs is 1. The number of carbonyl (C=O) groups is 1. The minimum Gasteiger partial charge on any atom is -0.496 e. The standard InChI is InChI=1S/C23H27N5O3/c1-14-19-21(28(26-14)16-8-4-3-5-9-16)24-20(25-22(19)29)15-12-27(13-15)23(30)17-10-6-7-11-18(17)31-2/h6-7,10-11,15-16H,3-5,8-9,12-13H2,1-2H3,(H,24,25,29). The summed E-state index contributed by atoms with van der Waals surface area (Å²) in [5, 5.41) is 5.26. The molecule has 5 rings (SSSR count). The molecule has 1 aromatic carbocycles. The van der Waals surface area contributed by atoms with Crippen LogP contribution in [-0.2, 0) is 0 Å². The van der Waals surface area contributed by atoms with Gasteiger partial charge in [-0.1, -0.05) is 31.4 Å². The Bertz CT molecular complexity index is 1190. The van der Waals surface area contributed by atoms with Crippen LogP contribution in [0.4, 0.5) is 0 Å². The van der Waals surface area contributed by atoms with E-state index in [4.69, 9.17) is 9.72 Å². The van der Waals surface area contributed by atoms with Crippen LogP contribution in [0.15, 0.2) is 29.1 Å². The van der Waals surface area contributed by atoms with Gasteiger partial charge >= 0.3 is 0 Å². The van der Waals surface area contributed by atoms with E-state index in [0.717, 1.165) is 18.5 Å². The van der Waals surface area contributed by atoms with Crippen LogP contribution in [0.2, 0.25) is 0 Å². The molecule has 0 spiro atoms. The molecule has 162 valence electrons. The highest BCUT2D eigenvalue weighted by molar-refractivity contribution is 5.97. The number of nitrogens with one attached hydrogen (secondary N) is 1. The van der Waals surface area contributed by atoms with E-state index in [0.29, 0.717) is 47.3 Å². The van der Waals surface area contributed by atoms with Crippen LogP contribution in [0, 0.1) is 6.92 Å². The Morgan fingerprint density at radius 2 is 1.90 bits per heavy atom. The number of rotatable bonds is 4. The monoisotopic (exact) mass is 421 g/mol. The second-order valence-corrected chi connectivity index (χ2v) is 8.58. The van der Waals surface area contributed by atoms with Gasteiger partial charge in [0.2, 0.25) is 0 Å². The molecule has 0 radical (unpaired) electrons. The number of benzene rings is 1. The lowest BCUT2D eigenvalue weighted by Gasteiger charge is -2.38. The molecule has 2 aromatic heterocycles. The van der Waals surface area contributed by atoms with Crippen LogP contribution >= 0.6 is 0 Å². The van der Waals surface area contributed by atoms with Crippen molar-refractivity contribution in [1.29, 1.82) is 0 Å². The van der Waals surface area contributed by atoms with Gasteiger partial charge in [0.25, 0.3) is 11.5 Å². The van der Waals surface area contributed by atoms with Crippen molar-refractivity contribution in [3.05, 3.63) is 51.7 Å². The van der Waals surface area contributed by atoms with Gasteiger partial charge in [-0.2, -0.15) is 5.10 Å². The van der Waals surface area contributed by atoms with E-state index in [2.05, 4.69) is 10.1 Å². The number of amides is 1. The Hall–Kier alpha value is -3.16. The van der Waals surface area contributed by atoms with Gasteiger partial charge in [0.1, 0.15) is 17.0 Å². The number of H-pyrrole nitrogens is 1. The molecule has 8 heteroatoms.